The first kappa shape index (κ1) is 23.6. The molecule has 2 heterocycles. The molecule has 166 valence electrons. The lowest BCUT2D eigenvalue weighted by Gasteiger charge is -2.46. The molecule has 1 saturated heterocycles. The van der Waals surface area contributed by atoms with Gasteiger partial charge in [-0.25, -0.2) is 8.78 Å². The quantitative estimate of drug-likeness (QED) is 0.247. The monoisotopic (exact) mass is 493 g/mol. The van der Waals surface area contributed by atoms with Gasteiger partial charge in [-0.2, -0.15) is 0 Å². The van der Waals surface area contributed by atoms with Gasteiger partial charge in [-0.1, -0.05) is 18.9 Å². The molecule has 0 aromatic carbocycles. The Bertz CT molecular complexity index is 971. The second kappa shape index (κ2) is 8.12. The normalized spacial score (nSPS) is 32.2. The van der Waals surface area contributed by atoms with Crippen molar-refractivity contribution in [2.24, 2.45) is 28.6 Å². The number of aromatic nitrogens is 1. The van der Waals surface area contributed by atoms with Crippen LogP contribution in [0.3, 0.4) is 0 Å². The Labute approximate surface area is 190 Å². The van der Waals surface area contributed by atoms with E-state index in [0.29, 0.717) is 5.69 Å². The van der Waals surface area contributed by atoms with E-state index in [1.165, 1.54) is 6.92 Å². The van der Waals surface area contributed by atoms with Crippen LogP contribution in [-0.4, -0.2) is 28.8 Å². The highest BCUT2D eigenvalue weighted by atomic mass is 79.9. The fraction of sp³-hybridized carbons (Fsp3) is 0.542. The van der Waals surface area contributed by atoms with E-state index in [9.17, 15) is 9.59 Å². The van der Waals surface area contributed by atoms with Crippen LogP contribution in [0.2, 0.25) is 0 Å². The van der Waals surface area contributed by atoms with Crippen molar-refractivity contribution in [2.75, 3.05) is 0 Å². The Kier molecular flexibility index (Phi) is 6.18. The minimum atomic E-state index is -3.24. The lowest BCUT2D eigenvalue weighted by molar-refractivity contribution is -0.175. The Morgan fingerprint density at radius 2 is 2.00 bits per heavy atom. The molecule has 0 spiro atoms. The van der Waals surface area contributed by atoms with Crippen molar-refractivity contribution < 1.29 is 23.1 Å². The topological polar surface area (TPSA) is 56.3 Å². The van der Waals surface area contributed by atoms with Gasteiger partial charge in [0.15, 0.2) is 5.41 Å². The van der Waals surface area contributed by atoms with Crippen molar-refractivity contribution in [3.8, 4) is 11.8 Å². The third-order valence-electron chi connectivity index (χ3n) is 6.10. The Morgan fingerprint density at radius 1 is 1.32 bits per heavy atom. The number of nitrogens with zero attached hydrogens (tertiary/aromatic N) is 1. The first-order chi connectivity index (χ1) is 14.3. The van der Waals surface area contributed by atoms with Crippen LogP contribution in [0, 0.1) is 40.4 Å². The number of pyridine rings is 1. The van der Waals surface area contributed by atoms with E-state index in [1.54, 1.807) is 37.4 Å². The molecule has 1 aliphatic carbocycles. The molecule has 31 heavy (non-hydrogen) atoms. The summed E-state index contributed by atoms with van der Waals surface area (Å²) in [6.07, 6.45) is 3.34. The molecule has 2 fully saturated rings. The van der Waals surface area contributed by atoms with E-state index >= 15 is 8.78 Å². The van der Waals surface area contributed by atoms with Crippen molar-refractivity contribution in [3.05, 3.63) is 34.6 Å². The average Bonchev–Trinajstić information content (AvgIpc) is 2.91. The highest BCUT2D eigenvalue weighted by molar-refractivity contribution is 9.10. The molecule has 0 unspecified atom stereocenters. The molecule has 0 amide bonds. The SMILES string of the molecule is C[C@H]1OC(=O)[C@]2(C(=O)C#CC(C)(C)C)CC(F)(F)[C@@H](C)[C@H](/C=C/c3ccc(Br)cn3)[C@H]12. The fourth-order valence-corrected chi connectivity index (χ4v) is 4.74. The van der Waals surface area contributed by atoms with Crippen molar-refractivity contribution in [1.29, 1.82) is 0 Å². The molecule has 1 aromatic rings. The predicted octanol–water partition coefficient (Wildman–Crippen LogP) is 5.32. The molecule has 2 aliphatic rings. The summed E-state index contributed by atoms with van der Waals surface area (Å²) in [6.45, 7) is 8.55. The van der Waals surface area contributed by atoms with Gasteiger partial charge in [-0.3, -0.25) is 14.6 Å². The molecular weight excluding hydrogens is 468 g/mol. The number of halogens is 3. The van der Waals surface area contributed by atoms with Crippen molar-refractivity contribution in [3.63, 3.8) is 0 Å². The third-order valence-corrected chi connectivity index (χ3v) is 6.57. The molecule has 3 rings (SSSR count). The number of allylic oxidation sites excluding steroid dienone is 1. The van der Waals surface area contributed by atoms with Crippen LogP contribution in [0.4, 0.5) is 8.78 Å². The van der Waals surface area contributed by atoms with Crippen LogP contribution in [0.1, 0.15) is 46.7 Å². The summed E-state index contributed by atoms with van der Waals surface area (Å²) in [5.41, 5.74) is -1.89. The van der Waals surface area contributed by atoms with E-state index in [-0.39, 0.29) is 0 Å². The first-order valence-corrected chi connectivity index (χ1v) is 11.0. The molecule has 0 bridgehead atoms. The highest BCUT2D eigenvalue weighted by Crippen LogP contribution is 2.59. The number of ketones is 1. The molecule has 1 aliphatic heterocycles. The predicted molar refractivity (Wildman–Crippen MR) is 117 cm³/mol. The lowest BCUT2D eigenvalue weighted by atomic mass is 9.55. The summed E-state index contributed by atoms with van der Waals surface area (Å²) in [5.74, 6) is -2.22. The van der Waals surface area contributed by atoms with E-state index in [2.05, 4.69) is 32.8 Å². The Hall–Kier alpha value is -2.07. The molecule has 0 radical (unpaired) electrons. The van der Waals surface area contributed by atoms with Crippen LogP contribution < -0.4 is 0 Å². The summed E-state index contributed by atoms with van der Waals surface area (Å²) < 4.78 is 36.5. The van der Waals surface area contributed by atoms with Crippen molar-refractivity contribution in [1.82, 2.24) is 4.98 Å². The number of carbonyl (C=O) groups excluding carboxylic acids is 2. The van der Waals surface area contributed by atoms with Crippen LogP contribution in [-0.2, 0) is 14.3 Å². The summed E-state index contributed by atoms with van der Waals surface area (Å²) in [7, 11) is 0. The van der Waals surface area contributed by atoms with Crippen LogP contribution in [0.25, 0.3) is 6.08 Å². The number of rotatable bonds is 3. The number of hydrogen-bond donors (Lipinski definition) is 0. The second-order valence-electron chi connectivity index (χ2n) is 9.50. The smallest absolute Gasteiger partial charge is 0.321 e. The van der Waals surface area contributed by atoms with Gasteiger partial charge in [0.25, 0.3) is 5.92 Å². The average molecular weight is 494 g/mol. The third kappa shape index (κ3) is 4.45. The standard InChI is InChI=1S/C24H26BrF2NO3/c1-14-18(9-8-17-7-6-16(25)12-28-17)20-15(2)31-21(30)23(20,13-24(14,26)27)19(29)10-11-22(3,4)5/h6-9,12,14-15,18,20H,13H2,1-5H3/b9-8+/t14-,15+,18-,20-,23-/m0/s1. The summed E-state index contributed by atoms with van der Waals surface area (Å²) in [4.78, 5) is 30.3. The molecule has 4 nitrogen and oxygen atoms in total. The van der Waals surface area contributed by atoms with Gasteiger partial charge in [-0.15, -0.1) is 0 Å². The number of cyclic esters (lactones) is 1. The number of esters is 1. The number of fused-ring (bicyclic) bond motifs is 1. The van der Waals surface area contributed by atoms with Crippen molar-refractivity contribution >= 4 is 33.8 Å². The summed E-state index contributed by atoms with van der Waals surface area (Å²) in [5, 5.41) is 0. The lowest BCUT2D eigenvalue weighted by Crippen LogP contribution is -2.56. The largest absolute Gasteiger partial charge is 0.462 e. The zero-order valence-electron chi connectivity index (χ0n) is 18.2. The zero-order valence-corrected chi connectivity index (χ0v) is 19.8. The van der Waals surface area contributed by atoms with Gasteiger partial charge in [0.2, 0.25) is 5.78 Å². The molecule has 7 heteroatoms. The molecule has 1 aromatic heterocycles. The maximum atomic E-state index is 15.2. The van der Waals surface area contributed by atoms with Gasteiger partial charge in [0.1, 0.15) is 6.10 Å². The molecule has 1 saturated carbocycles. The van der Waals surface area contributed by atoms with Crippen LogP contribution >= 0.6 is 15.9 Å². The van der Waals surface area contributed by atoms with Gasteiger partial charge in [0.05, 0.1) is 5.69 Å². The first-order valence-electron chi connectivity index (χ1n) is 10.2. The number of carbonyl (C=O) groups is 2. The number of alkyl halides is 2. The summed E-state index contributed by atoms with van der Waals surface area (Å²) >= 11 is 3.31. The maximum absolute atomic E-state index is 15.2. The molecular formula is C24H26BrF2NO3. The van der Waals surface area contributed by atoms with Gasteiger partial charge in [0, 0.05) is 34.3 Å². The van der Waals surface area contributed by atoms with E-state index in [1.807, 2.05) is 20.8 Å². The van der Waals surface area contributed by atoms with Gasteiger partial charge < -0.3 is 4.74 Å². The number of hydrogen-bond acceptors (Lipinski definition) is 4. The molecule has 5 atom stereocenters. The second-order valence-corrected chi connectivity index (χ2v) is 10.4. The van der Waals surface area contributed by atoms with E-state index in [0.717, 1.165) is 4.47 Å². The van der Waals surface area contributed by atoms with E-state index in [4.69, 9.17) is 4.74 Å². The zero-order chi connectivity index (χ0) is 23.2. The van der Waals surface area contributed by atoms with Crippen LogP contribution in [0.15, 0.2) is 28.9 Å². The Balaban J connectivity index is 2.09. The van der Waals surface area contributed by atoms with Crippen LogP contribution in [0.5, 0.6) is 0 Å². The van der Waals surface area contributed by atoms with Crippen molar-refractivity contribution in [2.45, 2.75) is 53.1 Å². The highest BCUT2D eigenvalue weighted by Gasteiger charge is 2.71. The van der Waals surface area contributed by atoms with Gasteiger partial charge >= 0.3 is 5.97 Å². The number of Topliss-reactive ketones (excluding diaryl/α,β-unsaturated/α-hetero) is 1. The Morgan fingerprint density at radius 3 is 2.58 bits per heavy atom. The summed E-state index contributed by atoms with van der Waals surface area (Å²) in [6, 6.07) is 3.55. The molecule has 0 N–H and O–H groups in total. The van der Waals surface area contributed by atoms with Gasteiger partial charge in [-0.05, 0) is 73.7 Å². The number of ether oxygens (including phenoxy) is 1. The minimum absolute atomic E-state index is 0.507. The minimum Gasteiger partial charge on any atom is -0.462 e. The fourth-order valence-electron chi connectivity index (χ4n) is 4.50. The van der Waals surface area contributed by atoms with E-state index < -0.39 is 58.8 Å². The maximum Gasteiger partial charge on any atom is 0.321 e.